The molecule has 1 nitrogen and oxygen atoms in total. The van der Waals surface area contributed by atoms with Gasteiger partial charge >= 0.3 is 61.4 Å². The van der Waals surface area contributed by atoms with Gasteiger partial charge in [-0.2, -0.15) is 0 Å². The molecule has 0 saturated carbocycles. The molecule has 8 heavy (non-hydrogen) atoms. The SMILES string of the molecule is CO[CH]1C=C[CH](C)[In]1. The summed E-state index contributed by atoms with van der Waals surface area (Å²) in [6.07, 6.45) is 4.50. The Morgan fingerprint density at radius 1 is 1.50 bits per heavy atom. The van der Waals surface area contributed by atoms with E-state index in [9.17, 15) is 0 Å². The van der Waals surface area contributed by atoms with Crippen LogP contribution in [0.1, 0.15) is 6.92 Å². The molecule has 0 saturated heterocycles. The quantitative estimate of drug-likeness (QED) is 0.591. The molecule has 0 amide bonds. The van der Waals surface area contributed by atoms with E-state index in [0.29, 0.717) is 3.86 Å². The molecule has 0 spiro atoms. The zero-order valence-electron chi connectivity index (χ0n) is 5.29. The van der Waals surface area contributed by atoms with Crippen molar-refractivity contribution in [2.24, 2.45) is 0 Å². The van der Waals surface area contributed by atoms with E-state index in [1.807, 2.05) is 0 Å². The van der Waals surface area contributed by atoms with Crippen LogP contribution >= 0.6 is 0 Å². The Kier molecular flexibility index (Phi) is 2.44. The molecular weight excluding hydrogens is 203 g/mol. The summed E-state index contributed by atoms with van der Waals surface area (Å²) in [5.41, 5.74) is 0. The zero-order chi connectivity index (χ0) is 5.98. The minimum atomic E-state index is -0.362. The van der Waals surface area contributed by atoms with E-state index in [-0.39, 0.29) is 22.9 Å². The van der Waals surface area contributed by atoms with E-state index >= 15 is 0 Å². The van der Waals surface area contributed by atoms with Crippen molar-refractivity contribution in [3.8, 4) is 0 Å². The van der Waals surface area contributed by atoms with Gasteiger partial charge in [-0.3, -0.25) is 0 Å². The molecule has 1 rings (SSSR count). The molecule has 2 heteroatoms. The van der Waals surface area contributed by atoms with Gasteiger partial charge in [-0.05, 0) is 0 Å². The molecule has 0 N–H and O–H groups in total. The van der Waals surface area contributed by atoms with E-state index in [1.54, 1.807) is 7.11 Å². The Balaban J connectivity index is 2.34. The zero-order valence-corrected chi connectivity index (χ0v) is 8.59. The van der Waals surface area contributed by atoms with Crippen molar-refractivity contribution in [2.75, 3.05) is 7.11 Å². The van der Waals surface area contributed by atoms with Crippen molar-refractivity contribution < 1.29 is 4.74 Å². The van der Waals surface area contributed by atoms with Gasteiger partial charge in [-0.1, -0.05) is 0 Å². The third kappa shape index (κ3) is 1.52. The second kappa shape index (κ2) is 2.92. The molecule has 0 fully saturated rings. The van der Waals surface area contributed by atoms with E-state index in [0.717, 1.165) is 3.67 Å². The fraction of sp³-hybridized carbons (Fsp3) is 0.667. The van der Waals surface area contributed by atoms with Crippen molar-refractivity contribution in [1.82, 2.24) is 0 Å². The second-order valence-corrected chi connectivity index (χ2v) is 8.11. The van der Waals surface area contributed by atoms with Crippen molar-refractivity contribution in [1.29, 1.82) is 0 Å². The molecule has 1 heterocycles. The van der Waals surface area contributed by atoms with Crippen LogP contribution in [0.2, 0.25) is 3.67 Å². The van der Waals surface area contributed by atoms with Crippen LogP contribution in [0, 0.1) is 0 Å². The Labute approximate surface area is 61.5 Å². The van der Waals surface area contributed by atoms with E-state index in [4.69, 9.17) is 4.74 Å². The summed E-state index contributed by atoms with van der Waals surface area (Å²) in [5, 5.41) is 0. The van der Waals surface area contributed by atoms with Gasteiger partial charge in [-0.25, -0.2) is 0 Å². The maximum atomic E-state index is 5.18. The van der Waals surface area contributed by atoms with Gasteiger partial charge in [0.25, 0.3) is 0 Å². The summed E-state index contributed by atoms with van der Waals surface area (Å²) >= 11 is -0.362. The van der Waals surface area contributed by atoms with Crippen LogP contribution in [0.4, 0.5) is 0 Å². The average molecular weight is 213 g/mol. The predicted octanol–water partition coefficient (Wildman–Crippen LogP) is 1.04. The number of methoxy groups -OCH3 is 1. The summed E-state index contributed by atoms with van der Waals surface area (Å²) in [7, 11) is 1.80. The van der Waals surface area contributed by atoms with Crippen LogP contribution in [0.3, 0.4) is 0 Å². The first-order valence-electron chi connectivity index (χ1n) is 2.89. The normalized spacial score (nSPS) is 35.2. The first-order valence-corrected chi connectivity index (χ1v) is 6.69. The molecule has 0 aromatic carbocycles. The fourth-order valence-electron chi connectivity index (χ4n) is 0.869. The monoisotopic (exact) mass is 213 g/mol. The number of ether oxygens (including phenoxy) is 1. The fourth-order valence-corrected chi connectivity index (χ4v) is 4.49. The molecule has 0 aliphatic carbocycles. The van der Waals surface area contributed by atoms with Crippen molar-refractivity contribution in [3.05, 3.63) is 12.2 Å². The van der Waals surface area contributed by atoms with Gasteiger partial charge in [-0.15, -0.1) is 0 Å². The summed E-state index contributed by atoms with van der Waals surface area (Å²) in [6.45, 7) is 2.29. The first-order chi connectivity index (χ1) is 3.83. The standard InChI is InChI=1S/C6H10O.In/c1-3-4-5-6-7-2;/h3-6H,1-2H3;. The molecule has 2 unspecified atom stereocenters. The number of hydrogen-bond donors (Lipinski definition) is 0. The van der Waals surface area contributed by atoms with Crippen LogP contribution in [-0.2, 0) is 4.74 Å². The minimum absolute atomic E-state index is 0.362. The van der Waals surface area contributed by atoms with Crippen LogP contribution in [0.5, 0.6) is 0 Å². The average Bonchev–Trinajstić information content (AvgIpc) is 2.14. The van der Waals surface area contributed by atoms with Gasteiger partial charge < -0.3 is 0 Å². The molecule has 1 aliphatic heterocycles. The first kappa shape index (κ1) is 6.69. The van der Waals surface area contributed by atoms with E-state index < -0.39 is 0 Å². The predicted molar refractivity (Wildman–Crippen MR) is 35.1 cm³/mol. The van der Waals surface area contributed by atoms with Crippen molar-refractivity contribution >= 4 is 22.9 Å². The molecule has 0 aromatic rings. The molecule has 0 bridgehead atoms. The van der Waals surface area contributed by atoms with Gasteiger partial charge in [0, 0.05) is 0 Å². The molecule has 1 radical (unpaired) electrons. The molecule has 0 aromatic heterocycles. The van der Waals surface area contributed by atoms with Gasteiger partial charge in [0.2, 0.25) is 0 Å². The molecular formula is C6H10InO. The van der Waals surface area contributed by atoms with Crippen LogP contribution in [-0.4, -0.2) is 33.9 Å². The van der Waals surface area contributed by atoms with E-state index in [2.05, 4.69) is 19.1 Å². The van der Waals surface area contributed by atoms with Gasteiger partial charge in [0.1, 0.15) is 0 Å². The Morgan fingerprint density at radius 3 is 2.50 bits per heavy atom. The third-order valence-electron chi connectivity index (χ3n) is 1.37. The van der Waals surface area contributed by atoms with Crippen molar-refractivity contribution in [2.45, 2.75) is 14.5 Å². The number of allylic oxidation sites excluding steroid dienone is 1. The Morgan fingerprint density at radius 2 is 2.25 bits per heavy atom. The number of rotatable bonds is 1. The Hall–Kier alpha value is 0.570. The van der Waals surface area contributed by atoms with Crippen molar-refractivity contribution in [3.63, 3.8) is 0 Å². The summed E-state index contributed by atoms with van der Waals surface area (Å²) in [4.78, 5) is 0. The molecule has 2 atom stereocenters. The van der Waals surface area contributed by atoms with Crippen LogP contribution in [0.15, 0.2) is 12.2 Å². The Bertz CT molecular complexity index is 101. The van der Waals surface area contributed by atoms with Gasteiger partial charge in [0.15, 0.2) is 0 Å². The topological polar surface area (TPSA) is 9.23 Å². The summed E-state index contributed by atoms with van der Waals surface area (Å²) < 4.78 is 6.67. The van der Waals surface area contributed by atoms with Gasteiger partial charge in [0.05, 0.1) is 0 Å². The molecule has 43 valence electrons. The van der Waals surface area contributed by atoms with Crippen LogP contribution < -0.4 is 0 Å². The molecule has 1 aliphatic rings. The third-order valence-corrected chi connectivity index (χ3v) is 6.23. The second-order valence-electron chi connectivity index (χ2n) is 2.14. The van der Waals surface area contributed by atoms with Crippen LogP contribution in [0.25, 0.3) is 0 Å². The summed E-state index contributed by atoms with van der Waals surface area (Å²) in [5.74, 6) is 0. The van der Waals surface area contributed by atoms with E-state index in [1.165, 1.54) is 0 Å². The summed E-state index contributed by atoms with van der Waals surface area (Å²) in [6, 6.07) is 0. The number of hydrogen-bond acceptors (Lipinski definition) is 1. The maximum absolute atomic E-state index is 5.18.